The van der Waals surface area contributed by atoms with Gasteiger partial charge in [-0.25, -0.2) is 0 Å². The molecule has 1 fully saturated rings. The predicted molar refractivity (Wildman–Crippen MR) is 123 cm³/mol. The van der Waals surface area contributed by atoms with Gasteiger partial charge in [-0.15, -0.1) is 0 Å². The minimum atomic E-state index is 0.0776. The molecule has 0 radical (unpaired) electrons. The number of benzene rings is 3. The fraction of sp³-hybridized carbons (Fsp3) is 0.321. The number of Topliss-reactive ketones (excluding diaryl/α,β-unsaturated/α-hetero) is 1. The summed E-state index contributed by atoms with van der Waals surface area (Å²) in [6, 6.07) is 21.2. The third-order valence-corrected chi connectivity index (χ3v) is 6.98. The molecule has 0 aromatic heterocycles. The molecule has 5 rings (SSSR count). The highest BCUT2D eigenvalue weighted by molar-refractivity contribution is 5.88. The summed E-state index contributed by atoms with van der Waals surface area (Å²) < 4.78 is 5.50. The molecule has 1 N–H and O–H groups in total. The Balaban J connectivity index is 1.56. The van der Waals surface area contributed by atoms with E-state index in [2.05, 4.69) is 48.5 Å². The largest absolute Gasteiger partial charge is 0.497 e. The summed E-state index contributed by atoms with van der Waals surface area (Å²) in [5, 5.41) is 9.30. The van der Waals surface area contributed by atoms with Gasteiger partial charge >= 0.3 is 0 Å². The average Bonchev–Trinajstić information content (AvgIpc) is 3.05. The van der Waals surface area contributed by atoms with Crippen molar-refractivity contribution in [3.05, 3.63) is 77.4 Å². The number of ether oxygens (including phenoxy) is 1. The van der Waals surface area contributed by atoms with E-state index in [1.165, 1.54) is 28.7 Å². The van der Waals surface area contributed by atoms with Gasteiger partial charge in [0.2, 0.25) is 0 Å². The maximum absolute atomic E-state index is 13.0. The Morgan fingerprint density at radius 1 is 0.968 bits per heavy atom. The normalized spacial score (nSPS) is 17.0. The van der Waals surface area contributed by atoms with Crippen molar-refractivity contribution in [3.8, 4) is 28.0 Å². The molecule has 0 bridgehead atoms. The smallest absolute Gasteiger partial charge is 0.136 e. The van der Waals surface area contributed by atoms with Gasteiger partial charge in [0.25, 0.3) is 0 Å². The van der Waals surface area contributed by atoms with Gasteiger partial charge in [-0.3, -0.25) is 4.79 Å². The average molecular weight is 413 g/mol. The molecule has 3 aromatic rings. The van der Waals surface area contributed by atoms with E-state index >= 15 is 0 Å². The molecule has 0 spiro atoms. The molecule has 3 aromatic carbocycles. The summed E-state index contributed by atoms with van der Waals surface area (Å²) in [6.07, 6.45) is 4.48. The highest BCUT2D eigenvalue weighted by Crippen LogP contribution is 2.49. The number of carbonyl (C=O) groups is 1. The number of methoxy groups -OCH3 is 1. The maximum atomic E-state index is 13.0. The lowest BCUT2D eigenvalue weighted by Crippen LogP contribution is -2.23. The van der Waals surface area contributed by atoms with E-state index in [0.29, 0.717) is 18.6 Å². The lowest BCUT2D eigenvalue weighted by Gasteiger charge is -2.25. The topological polar surface area (TPSA) is 46.5 Å². The molecule has 0 aliphatic heterocycles. The predicted octanol–water partition coefficient (Wildman–Crippen LogP) is 5.77. The Labute approximate surface area is 183 Å². The molecule has 3 nitrogen and oxygen atoms in total. The van der Waals surface area contributed by atoms with Crippen LogP contribution in [0.1, 0.15) is 48.3 Å². The number of aliphatic hydroxyl groups excluding tert-OH is 1. The highest BCUT2D eigenvalue weighted by Gasteiger charge is 2.34. The van der Waals surface area contributed by atoms with Gasteiger partial charge in [0.05, 0.1) is 7.11 Å². The Morgan fingerprint density at radius 2 is 1.71 bits per heavy atom. The highest BCUT2D eigenvalue weighted by atomic mass is 16.5. The van der Waals surface area contributed by atoms with Gasteiger partial charge in [-0.05, 0) is 76.4 Å². The standard InChI is InChI=1S/C28H28O3/c1-31-22-9-11-24-23-10-8-21(20-7-2-4-18(14-20)12-13-29)15-25(23)27(26(24)16-22)17-28(30)19-5-3-6-19/h2,4,7-11,14-16,19,27,29H,3,5-6,12-13,17H2,1H3. The first-order chi connectivity index (χ1) is 15.2. The van der Waals surface area contributed by atoms with Crippen molar-refractivity contribution in [1.82, 2.24) is 0 Å². The van der Waals surface area contributed by atoms with Crippen molar-refractivity contribution < 1.29 is 14.6 Å². The summed E-state index contributed by atoms with van der Waals surface area (Å²) in [6.45, 7) is 0.149. The van der Waals surface area contributed by atoms with Crippen LogP contribution in [0.5, 0.6) is 5.75 Å². The maximum Gasteiger partial charge on any atom is 0.136 e. The SMILES string of the molecule is COc1ccc2c(c1)C(CC(=O)C1CCC1)c1cc(-c3cccc(CCO)c3)ccc1-2. The molecular formula is C28H28O3. The fourth-order valence-corrected chi connectivity index (χ4v) is 5.00. The lowest BCUT2D eigenvalue weighted by molar-refractivity contribution is -0.125. The van der Waals surface area contributed by atoms with Crippen LogP contribution in [-0.2, 0) is 11.2 Å². The zero-order chi connectivity index (χ0) is 21.4. The minimum Gasteiger partial charge on any atom is -0.497 e. The van der Waals surface area contributed by atoms with Crippen LogP contribution in [-0.4, -0.2) is 24.6 Å². The van der Waals surface area contributed by atoms with Crippen LogP contribution in [0.2, 0.25) is 0 Å². The number of hydrogen-bond donors (Lipinski definition) is 1. The Hall–Kier alpha value is -2.91. The zero-order valence-electron chi connectivity index (χ0n) is 17.9. The summed E-state index contributed by atoms with van der Waals surface area (Å²) in [7, 11) is 1.69. The molecule has 2 aliphatic rings. The van der Waals surface area contributed by atoms with Crippen LogP contribution in [0.4, 0.5) is 0 Å². The summed E-state index contributed by atoms with van der Waals surface area (Å²) in [5.74, 6) is 1.56. The van der Waals surface area contributed by atoms with Gasteiger partial charge in [-0.2, -0.15) is 0 Å². The number of ketones is 1. The van der Waals surface area contributed by atoms with Crippen LogP contribution in [0.15, 0.2) is 60.7 Å². The van der Waals surface area contributed by atoms with E-state index in [9.17, 15) is 9.90 Å². The van der Waals surface area contributed by atoms with Crippen LogP contribution in [0.25, 0.3) is 22.3 Å². The number of aliphatic hydroxyl groups is 1. The second-order valence-corrected chi connectivity index (χ2v) is 8.78. The number of hydrogen-bond acceptors (Lipinski definition) is 3. The molecule has 1 unspecified atom stereocenters. The monoisotopic (exact) mass is 412 g/mol. The van der Waals surface area contributed by atoms with Crippen LogP contribution in [0.3, 0.4) is 0 Å². The van der Waals surface area contributed by atoms with Gasteiger partial charge in [0.1, 0.15) is 11.5 Å². The van der Waals surface area contributed by atoms with E-state index in [-0.39, 0.29) is 18.4 Å². The molecule has 0 saturated heterocycles. The van der Waals surface area contributed by atoms with Crippen LogP contribution in [0, 0.1) is 5.92 Å². The van der Waals surface area contributed by atoms with E-state index in [1.54, 1.807) is 7.11 Å². The molecule has 3 heteroatoms. The van der Waals surface area contributed by atoms with E-state index in [1.807, 2.05) is 12.1 Å². The second-order valence-electron chi connectivity index (χ2n) is 8.78. The summed E-state index contributed by atoms with van der Waals surface area (Å²) in [4.78, 5) is 13.0. The molecule has 1 atom stereocenters. The van der Waals surface area contributed by atoms with E-state index < -0.39 is 0 Å². The molecule has 31 heavy (non-hydrogen) atoms. The van der Waals surface area contributed by atoms with Gasteiger partial charge in [0.15, 0.2) is 0 Å². The quantitative estimate of drug-likeness (QED) is 0.536. The van der Waals surface area contributed by atoms with Gasteiger partial charge in [0, 0.05) is 24.9 Å². The second kappa shape index (κ2) is 8.32. The van der Waals surface area contributed by atoms with Crippen molar-refractivity contribution in [2.75, 3.05) is 13.7 Å². The van der Waals surface area contributed by atoms with E-state index in [4.69, 9.17) is 4.74 Å². The third-order valence-electron chi connectivity index (χ3n) is 6.98. The van der Waals surface area contributed by atoms with Crippen molar-refractivity contribution in [2.24, 2.45) is 5.92 Å². The summed E-state index contributed by atoms with van der Waals surface area (Å²) in [5.41, 5.74) is 8.30. The molecule has 2 aliphatic carbocycles. The first-order valence-corrected chi connectivity index (χ1v) is 11.2. The zero-order valence-corrected chi connectivity index (χ0v) is 17.9. The van der Waals surface area contributed by atoms with Crippen molar-refractivity contribution in [3.63, 3.8) is 0 Å². The Morgan fingerprint density at radius 3 is 2.42 bits per heavy atom. The van der Waals surface area contributed by atoms with Crippen LogP contribution >= 0.6 is 0 Å². The van der Waals surface area contributed by atoms with Gasteiger partial charge < -0.3 is 9.84 Å². The van der Waals surface area contributed by atoms with Gasteiger partial charge in [-0.1, -0.05) is 48.9 Å². The van der Waals surface area contributed by atoms with E-state index in [0.717, 1.165) is 35.3 Å². The molecule has 0 heterocycles. The van der Waals surface area contributed by atoms with Crippen molar-refractivity contribution in [2.45, 2.75) is 38.0 Å². The van der Waals surface area contributed by atoms with Crippen molar-refractivity contribution in [1.29, 1.82) is 0 Å². The number of fused-ring (bicyclic) bond motifs is 3. The third kappa shape index (κ3) is 3.68. The lowest BCUT2D eigenvalue weighted by atomic mass is 9.78. The van der Waals surface area contributed by atoms with Crippen LogP contribution < -0.4 is 4.74 Å². The molecule has 0 amide bonds. The Bertz CT molecular complexity index is 1130. The Kier molecular flexibility index (Phi) is 5.37. The molecule has 158 valence electrons. The molecular weight excluding hydrogens is 384 g/mol. The fourth-order valence-electron chi connectivity index (χ4n) is 5.00. The minimum absolute atomic E-state index is 0.0776. The number of carbonyl (C=O) groups excluding carboxylic acids is 1. The molecule has 1 saturated carbocycles. The summed E-state index contributed by atoms with van der Waals surface area (Å²) >= 11 is 0. The van der Waals surface area contributed by atoms with Crippen molar-refractivity contribution >= 4 is 5.78 Å². The first-order valence-electron chi connectivity index (χ1n) is 11.2. The first kappa shape index (κ1) is 20.0. The number of rotatable bonds is 7.